The number of anilines is 1. The van der Waals surface area contributed by atoms with Crippen LogP contribution in [0.1, 0.15) is 33.6 Å². The Morgan fingerprint density at radius 2 is 1.78 bits per heavy atom. The Hall–Kier alpha value is -1.02. The third-order valence-corrected chi connectivity index (χ3v) is 4.15. The second-order valence-electron chi connectivity index (χ2n) is 6.30. The number of nitrogens with zero attached hydrogens (tertiary/aromatic N) is 1. The molecule has 1 fully saturated rings. The number of nitrogens with one attached hydrogen (secondary N) is 1. The van der Waals surface area contributed by atoms with Gasteiger partial charge in [-0.3, -0.25) is 4.90 Å². The first-order valence-electron chi connectivity index (χ1n) is 7.10. The van der Waals surface area contributed by atoms with Gasteiger partial charge in [0.05, 0.1) is 0 Å². The van der Waals surface area contributed by atoms with Gasteiger partial charge in [0.2, 0.25) is 0 Å². The van der Waals surface area contributed by atoms with Gasteiger partial charge >= 0.3 is 0 Å². The zero-order valence-corrected chi connectivity index (χ0v) is 11.9. The van der Waals surface area contributed by atoms with Gasteiger partial charge in [-0.05, 0) is 50.4 Å². The standard InChI is InChI=1S/C16H26N2/c1-14(13-17-15-7-5-4-6-8-15)18-11-9-16(2,3)10-12-18/h4-8,14,17H,9-13H2,1-3H3. The summed E-state index contributed by atoms with van der Waals surface area (Å²) >= 11 is 0. The van der Waals surface area contributed by atoms with E-state index in [0.29, 0.717) is 11.5 Å². The quantitative estimate of drug-likeness (QED) is 0.873. The number of benzene rings is 1. The molecule has 1 unspecified atom stereocenters. The van der Waals surface area contributed by atoms with Crippen LogP contribution in [0.2, 0.25) is 0 Å². The maximum Gasteiger partial charge on any atom is 0.0340 e. The lowest BCUT2D eigenvalue weighted by Gasteiger charge is -2.40. The van der Waals surface area contributed by atoms with Crippen LogP contribution in [0.15, 0.2) is 30.3 Å². The highest BCUT2D eigenvalue weighted by Gasteiger charge is 2.27. The molecule has 0 radical (unpaired) electrons. The van der Waals surface area contributed by atoms with E-state index in [4.69, 9.17) is 0 Å². The fourth-order valence-electron chi connectivity index (χ4n) is 2.52. The van der Waals surface area contributed by atoms with Crippen LogP contribution in [0.3, 0.4) is 0 Å². The van der Waals surface area contributed by atoms with Crippen LogP contribution in [0.25, 0.3) is 0 Å². The predicted octanol–water partition coefficient (Wildman–Crippen LogP) is 3.61. The Kier molecular flexibility index (Phi) is 4.28. The third-order valence-electron chi connectivity index (χ3n) is 4.15. The third kappa shape index (κ3) is 3.74. The summed E-state index contributed by atoms with van der Waals surface area (Å²) in [6.45, 7) is 10.6. The van der Waals surface area contributed by atoms with Crippen LogP contribution >= 0.6 is 0 Å². The zero-order chi connectivity index (χ0) is 13.0. The minimum atomic E-state index is 0.545. The summed E-state index contributed by atoms with van der Waals surface area (Å²) in [6, 6.07) is 11.1. The molecular formula is C16H26N2. The fraction of sp³-hybridized carbons (Fsp3) is 0.625. The first kappa shape index (κ1) is 13.4. The molecule has 18 heavy (non-hydrogen) atoms. The van der Waals surface area contributed by atoms with Gasteiger partial charge in [0, 0.05) is 18.3 Å². The molecule has 0 aliphatic carbocycles. The van der Waals surface area contributed by atoms with Gasteiger partial charge in [-0.1, -0.05) is 32.0 Å². The molecule has 2 rings (SSSR count). The van der Waals surface area contributed by atoms with Gasteiger partial charge in [0.1, 0.15) is 0 Å². The summed E-state index contributed by atoms with van der Waals surface area (Å²) in [5.74, 6) is 0. The number of hydrogen-bond donors (Lipinski definition) is 1. The lowest BCUT2D eigenvalue weighted by molar-refractivity contribution is 0.105. The minimum absolute atomic E-state index is 0.545. The van der Waals surface area contributed by atoms with Gasteiger partial charge in [0.25, 0.3) is 0 Å². The van der Waals surface area contributed by atoms with Crippen LogP contribution in [0.5, 0.6) is 0 Å². The van der Waals surface area contributed by atoms with E-state index in [2.05, 4.69) is 61.3 Å². The molecule has 0 bridgehead atoms. The second kappa shape index (κ2) is 5.75. The van der Waals surface area contributed by atoms with Crippen molar-refractivity contribution in [2.75, 3.05) is 25.0 Å². The minimum Gasteiger partial charge on any atom is -0.383 e. The Morgan fingerprint density at radius 1 is 1.17 bits per heavy atom. The summed E-state index contributed by atoms with van der Waals surface area (Å²) in [5.41, 5.74) is 1.77. The zero-order valence-electron chi connectivity index (χ0n) is 11.9. The Labute approximate surface area is 111 Å². The van der Waals surface area contributed by atoms with Crippen molar-refractivity contribution >= 4 is 5.69 Å². The maximum atomic E-state index is 3.52. The summed E-state index contributed by atoms with van der Waals surface area (Å²) in [7, 11) is 0. The van der Waals surface area contributed by atoms with Crippen LogP contribution in [0, 0.1) is 5.41 Å². The van der Waals surface area contributed by atoms with Crippen molar-refractivity contribution < 1.29 is 0 Å². The van der Waals surface area contributed by atoms with Crippen molar-refractivity contribution in [2.45, 2.75) is 39.7 Å². The molecule has 2 nitrogen and oxygen atoms in total. The molecule has 2 heteroatoms. The average Bonchev–Trinajstić information content (AvgIpc) is 2.37. The predicted molar refractivity (Wildman–Crippen MR) is 79.0 cm³/mol. The van der Waals surface area contributed by atoms with Crippen molar-refractivity contribution in [3.63, 3.8) is 0 Å². The van der Waals surface area contributed by atoms with E-state index in [1.807, 2.05) is 0 Å². The molecule has 1 aromatic rings. The van der Waals surface area contributed by atoms with Gasteiger partial charge in [0.15, 0.2) is 0 Å². The van der Waals surface area contributed by atoms with Gasteiger partial charge in [-0.2, -0.15) is 0 Å². The van der Waals surface area contributed by atoms with E-state index in [0.717, 1.165) is 6.54 Å². The number of hydrogen-bond acceptors (Lipinski definition) is 2. The Morgan fingerprint density at radius 3 is 2.39 bits per heavy atom. The molecule has 100 valence electrons. The van der Waals surface area contributed by atoms with E-state index < -0.39 is 0 Å². The highest BCUT2D eigenvalue weighted by atomic mass is 15.2. The smallest absolute Gasteiger partial charge is 0.0340 e. The van der Waals surface area contributed by atoms with E-state index in [1.165, 1.54) is 31.6 Å². The monoisotopic (exact) mass is 246 g/mol. The topological polar surface area (TPSA) is 15.3 Å². The fourth-order valence-corrected chi connectivity index (χ4v) is 2.52. The molecule has 0 amide bonds. The van der Waals surface area contributed by atoms with Crippen molar-refractivity contribution in [2.24, 2.45) is 5.41 Å². The highest BCUT2D eigenvalue weighted by molar-refractivity contribution is 5.42. The van der Waals surface area contributed by atoms with Crippen LogP contribution in [0.4, 0.5) is 5.69 Å². The first-order valence-corrected chi connectivity index (χ1v) is 7.10. The molecule has 0 spiro atoms. The first-order chi connectivity index (χ1) is 8.57. The van der Waals surface area contributed by atoms with Gasteiger partial charge < -0.3 is 5.32 Å². The van der Waals surface area contributed by atoms with Crippen LogP contribution < -0.4 is 5.32 Å². The molecule has 1 atom stereocenters. The maximum absolute atomic E-state index is 3.52. The highest BCUT2D eigenvalue weighted by Crippen LogP contribution is 2.30. The molecular weight excluding hydrogens is 220 g/mol. The Bertz CT molecular complexity index is 349. The van der Waals surface area contributed by atoms with Crippen LogP contribution in [-0.2, 0) is 0 Å². The summed E-state index contributed by atoms with van der Waals surface area (Å²) in [6.07, 6.45) is 2.64. The second-order valence-corrected chi connectivity index (χ2v) is 6.30. The number of piperidine rings is 1. The van der Waals surface area contributed by atoms with Crippen molar-refractivity contribution in [1.29, 1.82) is 0 Å². The number of likely N-dealkylation sites (tertiary alicyclic amines) is 1. The average molecular weight is 246 g/mol. The van der Waals surface area contributed by atoms with E-state index >= 15 is 0 Å². The lowest BCUT2D eigenvalue weighted by atomic mass is 9.82. The summed E-state index contributed by atoms with van der Waals surface area (Å²) in [5, 5.41) is 3.52. The van der Waals surface area contributed by atoms with Crippen molar-refractivity contribution in [3.8, 4) is 0 Å². The van der Waals surface area contributed by atoms with Crippen molar-refractivity contribution in [1.82, 2.24) is 4.90 Å². The normalized spacial score (nSPS) is 21.5. The lowest BCUT2D eigenvalue weighted by Crippen LogP contribution is -2.45. The molecule has 1 heterocycles. The van der Waals surface area contributed by atoms with Gasteiger partial charge in [-0.15, -0.1) is 0 Å². The van der Waals surface area contributed by atoms with Crippen molar-refractivity contribution in [3.05, 3.63) is 30.3 Å². The van der Waals surface area contributed by atoms with E-state index in [1.54, 1.807) is 0 Å². The summed E-state index contributed by atoms with van der Waals surface area (Å²) < 4.78 is 0. The number of rotatable bonds is 4. The largest absolute Gasteiger partial charge is 0.383 e. The van der Waals surface area contributed by atoms with Gasteiger partial charge in [-0.25, -0.2) is 0 Å². The Balaban J connectivity index is 1.77. The molecule has 0 aromatic heterocycles. The van der Waals surface area contributed by atoms with Crippen LogP contribution in [-0.4, -0.2) is 30.6 Å². The molecule has 1 saturated heterocycles. The van der Waals surface area contributed by atoms with E-state index in [9.17, 15) is 0 Å². The summed E-state index contributed by atoms with van der Waals surface area (Å²) in [4.78, 5) is 2.61. The van der Waals surface area contributed by atoms with E-state index in [-0.39, 0.29) is 0 Å². The molecule has 0 saturated carbocycles. The molecule has 1 aromatic carbocycles. The number of para-hydroxylation sites is 1. The molecule has 1 aliphatic heterocycles. The SMILES string of the molecule is CC(CNc1ccccc1)N1CCC(C)(C)CC1. The molecule has 1 aliphatic rings. The molecule has 1 N–H and O–H groups in total.